The number of azo groups is 1. The van der Waals surface area contributed by atoms with Crippen molar-refractivity contribution in [1.82, 2.24) is 9.55 Å². The van der Waals surface area contributed by atoms with E-state index in [1.54, 1.807) is 30.7 Å². The van der Waals surface area contributed by atoms with E-state index in [9.17, 15) is 5.11 Å². The summed E-state index contributed by atoms with van der Waals surface area (Å²) in [5.41, 5.74) is 2.71. The summed E-state index contributed by atoms with van der Waals surface area (Å²) in [5, 5.41) is 17.9. The van der Waals surface area contributed by atoms with Crippen molar-refractivity contribution in [1.29, 1.82) is 0 Å². The Kier molecular flexibility index (Phi) is 4.33. The number of aromatic nitrogens is 2. The van der Waals surface area contributed by atoms with E-state index in [-0.39, 0.29) is 5.75 Å². The van der Waals surface area contributed by atoms with Gasteiger partial charge in [-0.3, -0.25) is 0 Å². The molecule has 0 fully saturated rings. The van der Waals surface area contributed by atoms with Gasteiger partial charge in [-0.25, -0.2) is 4.98 Å². The van der Waals surface area contributed by atoms with E-state index in [0.717, 1.165) is 16.9 Å². The average Bonchev–Trinajstić information content (AvgIpc) is 3.11. The van der Waals surface area contributed by atoms with Crippen LogP contribution in [0.15, 0.2) is 71.4 Å². The van der Waals surface area contributed by atoms with Crippen LogP contribution in [0.2, 0.25) is 0 Å². The first-order chi connectivity index (χ1) is 11.3. The summed E-state index contributed by atoms with van der Waals surface area (Å²) in [6.07, 6.45) is 5.36. The minimum atomic E-state index is 0.114. The van der Waals surface area contributed by atoms with Crippen LogP contribution >= 0.6 is 0 Å². The van der Waals surface area contributed by atoms with Gasteiger partial charge in [-0.15, -0.1) is 0 Å². The number of benzene rings is 2. The van der Waals surface area contributed by atoms with Gasteiger partial charge in [-0.2, -0.15) is 10.2 Å². The standard InChI is InChI=1S/C17H16N4O2/c1-23-17-10-13(2-7-16(17)22)11-19-20-14-3-5-15(6-4-14)21-9-8-18-12-21/h2-10,12,22H,11H2,1H3. The zero-order valence-corrected chi connectivity index (χ0v) is 12.6. The zero-order chi connectivity index (χ0) is 16.1. The Bertz CT molecular complexity index is 796. The van der Waals surface area contributed by atoms with Gasteiger partial charge in [0.2, 0.25) is 0 Å². The van der Waals surface area contributed by atoms with Gasteiger partial charge in [0.05, 0.1) is 25.7 Å². The summed E-state index contributed by atoms with van der Waals surface area (Å²) in [5.74, 6) is 0.547. The molecular weight excluding hydrogens is 292 g/mol. The van der Waals surface area contributed by atoms with E-state index >= 15 is 0 Å². The van der Waals surface area contributed by atoms with Crippen molar-refractivity contribution in [3.63, 3.8) is 0 Å². The highest BCUT2D eigenvalue weighted by Gasteiger charge is 2.02. The highest BCUT2D eigenvalue weighted by Crippen LogP contribution is 2.26. The van der Waals surface area contributed by atoms with Gasteiger partial charge in [-0.05, 0) is 42.0 Å². The van der Waals surface area contributed by atoms with Crippen molar-refractivity contribution in [3.8, 4) is 17.2 Å². The van der Waals surface area contributed by atoms with Crippen LogP contribution in [0.4, 0.5) is 5.69 Å². The van der Waals surface area contributed by atoms with Gasteiger partial charge in [0, 0.05) is 18.1 Å². The zero-order valence-electron chi connectivity index (χ0n) is 12.6. The van der Waals surface area contributed by atoms with Gasteiger partial charge >= 0.3 is 0 Å². The number of imidazole rings is 1. The third-order valence-electron chi connectivity index (χ3n) is 3.34. The topological polar surface area (TPSA) is 72.0 Å². The van der Waals surface area contributed by atoms with Crippen LogP contribution in [0.5, 0.6) is 11.5 Å². The van der Waals surface area contributed by atoms with Gasteiger partial charge in [-0.1, -0.05) is 6.07 Å². The molecule has 0 atom stereocenters. The summed E-state index contributed by atoms with van der Waals surface area (Å²) >= 11 is 0. The van der Waals surface area contributed by atoms with E-state index in [1.165, 1.54) is 7.11 Å². The molecule has 6 nitrogen and oxygen atoms in total. The monoisotopic (exact) mass is 308 g/mol. The molecule has 3 aromatic rings. The Morgan fingerprint density at radius 3 is 2.70 bits per heavy atom. The number of nitrogens with zero attached hydrogens (tertiary/aromatic N) is 4. The van der Waals surface area contributed by atoms with E-state index < -0.39 is 0 Å². The van der Waals surface area contributed by atoms with E-state index in [4.69, 9.17) is 4.74 Å². The smallest absolute Gasteiger partial charge is 0.160 e. The number of phenolic OH excluding ortho intramolecular Hbond substituents is 1. The Balaban J connectivity index is 1.66. The SMILES string of the molecule is COc1cc(CN=Nc2ccc(-n3ccnc3)cc2)ccc1O. The number of phenols is 1. The third kappa shape index (κ3) is 3.55. The molecule has 0 radical (unpaired) electrons. The fourth-order valence-electron chi connectivity index (χ4n) is 2.12. The summed E-state index contributed by atoms with van der Waals surface area (Å²) in [4.78, 5) is 4.02. The first-order valence-corrected chi connectivity index (χ1v) is 7.08. The minimum Gasteiger partial charge on any atom is -0.504 e. The predicted molar refractivity (Wildman–Crippen MR) is 86.4 cm³/mol. The molecule has 2 aromatic carbocycles. The number of hydrogen-bond acceptors (Lipinski definition) is 5. The maximum atomic E-state index is 9.56. The molecular formula is C17H16N4O2. The van der Waals surface area contributed by atoms with Crippen molar-refractivity contribution < 1.29 is 9.84 Å². The van der Waals surface area contributed by atoms with Crippen LogP contribution in [-0.2, 0) is 6.54 Å². The average molecular weight is 308 g/mol. The Labute approximate surface area is 133 Å². The first-order valence-electron chi connectivity index (χ1n) is 7.08. The van der Waals surface area contributed by atoms with Crippen molar-refractivity contribution in [2.75, 3.05) is 7.11 Å². The lowest BCUT2D eigenvalue weighted by Crippen LogP contribution is -1.88. The molecule has 0 saturated heterocycles. The molecule has 0 aliphatic rings. The van der Waals surface area contributed by atoms with Gasteiger partial charge in [0.15, 0.2) is 11.5 Å². The molecule has 0 aliphatic heterocycles. The van der Waals surface area contributed by atoms with Crippen molar-refractivity contribution in [2.45, 2.75) is 6.54 Å². The van der Waals surface area contributed by atoms with Crippen LogP contribution in [0, 0.1) is 0 Å². The number of aromatic hydroxyl groups is 1. The Hall–Kier alpha value is -3.15. The van der Waals surface area contributed by atoms with Crippen LogP contribution in [-0.4, -0.2) is 21.8 Å². The van der Waals surface area contributed by atoms with Gasteiger partial charge in [0.1, 0.15) is 0 Å². The summed E-state index contributed by atoms with van der Waals surface area (Å²) in [6, 6.07) is 12.8. The molecule has 3 rings (SSSR count). The van der Waals surface area contributed by atoms with Crippen molar-refractivity contribution >= 4 is 5.69 Å². The molecule has 0 amide bonds. The van der Waals surface area contributed by atoms with Gasteiger partial charge in [0.25, 0.3) is 0 Å². The molecule has 0 spiro atoms. The molecule has 1 N–H and O–H groups in total. The molecule has 0 aliphatic carbocycles. The second kappa shape index (κ2) is 6.74. The first kappa shape index (κ1) is 14.8. The fourth-order valence-corrected chi connectivity index (χ4v) is 2.12. The molecule has 1 aromatic heterocycles. The highest BCUT2D eigenvalue weighted by molar-refractivity contribution is 5.44. The van der Waals surface area contributed by atoms with E-state index in [0.29, 0.717) is 12.3 Å². The number of methoxy groups -OCH3 is 1. The second-order valence-electron chi connectivity index (χ2n) is 4.89. The largest absolute Gasteiger partial charge is 0.504 e. The van der Waals surface area contributed by atoms with Crippen molar-refractivity contribution in [3.05, 3.63) is 66.7 Å². The molecule has 6 heteroatoms. The maximum absolute atomic E-state index is 9.56. The van der Waals surface area contributed by atoms with Crippen LogP contribution in [0.3, 0.4) is 0 Å². The lowest BCUT2D eigenvalue weighted by molar-refractivity contribution is 0.373. The quantitative estimate of drug-likeness (QED) is 0.727. The summed E-state index contributed by atoms with van der Waals surface area (Å²) in [7, 11) is 1.52. The number of rotatable bonds is 5. The minimum absolute atomic E-state index is 0.114. The number of hydrogen-bond donors (Lipinski definition) is 1. The van der Waals surface area contributed by atoms with Crippen LogP contribution < -0.4 is 4.74 Å². The molecule has 116 valence electrons. The predicted octanol–water partition coefficient (Wildman–Crippen LogP) is 3.87. The molecule has 0 unspecified atom stereocenters. The van der Waals surface area contributed by atoms with Gasteiger partial charge < -0.3 is 14.4 Å². The van der Waals surface area contributed by atoms with E-state index in [2.05, 4.69) is 15.2 Å². The summed E-state index contributed by atoms with van der Waals surface area (Å²) in [6.45, 7) is 0.417. The number of ether oxygens (including phenoxy) is 1. The lowest BCUT2D eigenvalue weighted by Gasteiger charge is -2.04. The lowest BCUT2D eigenvalue weighted by atomic mass is 10.2. The summed E-state index contributed by atoms with van der Waals surface area (Å²) < 4.78 is 6.99. The Morgan fingerprint density at radius 1 is 1.17 bits per heavy atom. The van der Waals surface area contributed by atoms with Crippen molar-refractivity contribution in [2.24, 2.45) is 10.2 Å². The van der Waals surface area contributed by atoms with Crippen LogP contribution in [0.25, 0.3) is 5.69 Å². The van der Waals surface area contributed by atoms with Crippen LogP contribution in [0.1, 0.15) is 5.56 Å². The molecule has 0 bridgehead atoms. The molecule has 0 saturated carbocycles. The second-order valence-corrected chi connectivity index (χ2v) is 4.89. The molecule has 23 heavy (non-hydrogen) atoms. The third-order valence-corrected chi connectivity index (χ3v) is 3.34. The maximum Gasteiger partial charge on any atom is 0.160 e. The fraction of sp³-hybridized carbons (Fsp3) is 0.118. The Morgan fingerprint density at radius 2 is 2.00 bits per heavy atom. The normalized spacial score (nSPS) is 11.0. The molecule has 1 heterocycles. The highest BCUT2D eigenvalue weighted by atomic mass is 16.5. The van der Waals surface area contributed by atoms with E-state index in [1.807, 2.05) is 35.0 Å².